The van der Waals surface area contributed by atoms with Crippen LogP contribution in [0.5, 0.6) is 0 Å². The van der Waals surface area contributed by atoms with E-state index in [0.717, 1.165) is 6.42 Å². The van der Waals surface area contributed by atoms with Gasteiger partial charge >= 0.3 is 0 Å². The number of aliphatic hydroxyl groups excluding tert-OH is 4. The van der Waals surface area contributed by atoms with Crippen LogP contribution in [0.4, 0.5) is 0 Å². The topological polar surface area (TPSA) is 129 Å². The number of rotatable bonds is 8. The molecule has 29 heavy (non-hydrogen) atoms. The highest BCUT2D eigenvalue weighted by Gasteiger charge is 2.49. The highest BCUT2D eigenvalue weighted by atomic mass is 16.7. The van der Waals surface area contributed by atoms with Crippen LogP contribution < -0.4 is 0 Å². The van der Waals surface area contributed by atoms with Gasteiger partial charge in [-0.15, -0.1) is 6.58 Å². The molecule has 0 aliphatic carbocycles. The first-order chi connectivity index (χ1) is 13.3. The molecule has 0 radical (unpaired) electrons. The molecule has 0 spiro atoms. The zero-order valence-electron chi connectivity index (χ0n) is 17.7. The number of aliphatic hydroxyl groups is 5. The van der Waals surface area contributed by atoms with E-state index >= 15 is 0 Å². The molecule has 2 heterocycles. The molecule has 8 nitrogen and oxygen atoms in total. The lowest BCUT2D eigenvalue weighted by Gasteiger charge is -2.44. The molecule has 0 aromatic rings. The Bertz CT molecular complexity index is 587. The van der Waals surface area contributed by atoms with Gasteiger partial charge in [-0.3, -0.25) is 0 Å². The van der Waals surface area contributed by atoms with Gasteiger partial charge in [-0.1, -0.05) is 18.2 Å². The van der Waals surface area contributed by atoms with Gasteiger partial charge < -0.3 is 39.7 Å². The normalized spacial score (nSPS) is 40.9. The third-order valence-corrected chi connectivity index (χ3v) is 5.80. The first kappa shape index (κ1) is 24.4. The maximum Gasteiger partial charge on any atom is 0.187 e. The maximum atomic E-state index is 10.2. The van der Waals surface area contributed by atoms with Crippen LogP contribution in [0.15, 0.2) is 24.8 Å². The lowest BCUT2D eigenvalue weighted by molar-refractivity contribution is -0.332. The first-order valence-corrected chi connectivity index (χ1v) is 10.0. The lowest BCUT2D eigenvalue weighted by atomic mass is 9.94. The summed E-state index contributed by atoms with van der Waals surface area (Å²) in [6.07, 6.45) is 0.225. The molecular formula is C21H36O8. The van der Waals surface area contributed by atoms with E-state index in [4.69, 9.17) is 14.2 Å². The number of hydrogen-bond donors (Lipinski definition) is 5. The van der Waals surface area contributed by atoms with Crippen molar-refractivity contribution in [3.05, 3.63) is 24.8 Å². The third-order valence-electron chi connectivity index (χ3n) is 5.80. The zero-order chi connectivity index (χ0) is 22.0. The van der Waals surface area contributed by atoms with Crippen LogP contribution >= 0.6 is 0 Å². The van der Waals surface area contributed by atoms with Gasteiger partial charge in [0.05, 0.1) is 29.5 Å². The largest absolute Gasteiger partial charge is 0.394 e. The second-order valence-electron chi connectivity index (χ2n) is 9.04. The molecule has 2 saturated heterocycles. The molecule has 0 saturated carbocycles. The molecule has 5 N–H and O–H groups in total. The van der Waals surface area contributed by atoms with Crippen molar-refractivity contribution in [1.29, 1.82) is 0 Å². The molecule has 8 atom stereocenters. The molecule has 0 aromatic carbocycles. The van der Waals surface area contributed by atoms with Gasteiger partial charge in [0.25, 0.3) is 0 Å². The van der Waals surface area contributed by atoms with E-state index in [9.17, 15) is 25.5 Å². The van der Waals surface area contributed by atoms with Crippen LogP contribution in [0.3, 0.4) is 0 Å². The fourth-order valence-electron chi connectivity index (χ4n) is 3.64. The molecule has 168 valence electrons. The van der Waals surface area contributed by atoms with Crippen LogP contribution in [0, 0.1) is 0 Å². The van der Waals surface area contributed by atoms with E-state index in [-0.39, 0.29) is 6.10 Å². The Hall–Kier alpha value is -0.840. The molecule has 0 bridgehead atoms. The van der Waals surface area contributed by atoms with E-state index in [0.29, 0.717) is 12.8 Å². The summed E-state index contributed by atoms with van der Waals surface area (Å²) in [5, 5.41) is 49.4. The average Bonchev–Trinajstić information content (AvgIpc) is 3.05. The number of ether oxygens (including phenoxy) is 3. The van der Waals surface area contributed by atoms with Crippen LogP contribution in [-0.4, -0.2) is 85.8 Å². The van der Waals surface area contributed by atoms with Gasteiger partial charge in [0.2, 0.25) is 0 Å². The molecule has 8 heteroatoms. The summed E-state index contributed by atoms with van der Waals surface area (Å²) in [4.78, 5) is 0. The Morgan fingerprint density at radius 2 is 1.83 bits per heavy atom. The molecule has 2 aliphatic rings. The summed E-state index contributed by atoms with van der Waals surface area (Å²) in [6.45, 7) is 10.3. The van der Waals surface area contributed by atoms with Crippen LogP contribution in [0.1, 0.15) is 47.0 Å². The fourth-order valence-corrected chi connectivity index (χ4v) is 3.64. The Balaban J connectivity index is 2.01. The van der Waals surface area contributed by atoms with Gasteiger partial charge in [-0.05, 0) is 47.0 Å². The number of hydrogen-bond acceptors (Lipinski definition) is 8. The van der Waals surface area contributed by atoms with E-state index in [2.05, 4.69) is 6.58 Å². The summed E-state index contributed by atoms with van der Waals surface area (Å²) in [7, 11) is 0. The van der Waals surface area contributed by atoms with Gasteiger partial charge in [0.15, 0.2) is 6.29 Å². The Kier molecular flexibility index (Phi) is 7.68. The van der Waals surface area contributed by atoms with Crippen molar-refractivity contribution in [1.82, 2.24) is 0 Å². The minimum absolute atomic E-state index is 0.315. The first-order valence-electron chi connectivity index (χ1n) is 10.0. The second-order valence-corrected chi connectivity index (χ2v) is 9.04. The van der Waals surface area contributed by atoms with Crippen LogP contribution in [0.2, 0.25) is 0 Å². The maximum absolute atomic E-state index is 10.2. The summed E-state index contributed by atoms with van der Waals surface area (Å²) in [5.41, 5.74) is -2.37. The molecule has 2 aliphatic heterocycles. The van der Waals surface area contributed by atoms with Crippen molar-refractivity contribution >= 4 is 0 Å². The SMILES string of the molecule is C=CC(C)(O)CC=CC1(C)CCC(C(C)(C)OC2OC(CO)C(O)C(O)C2O)O1. The van der Waals surface area contributed by atoms with Crippen molar-refractivity contribution < 1.29 is 39.7 Å². The van der Waals surface area contributed by atoms with Crippen molar-refractivity contribution in [3.63, 3.8) is 0 Å². The molecular weight excluding hydrogens is 380 g/mol. The van der Waals surface area contributed by atoms with Crippen molar-refractivity contribution in [2.75, 3.05) is 6.61 Å². The fraction of sp³-hybridized carbons (Fsp3) is 0.810. The Labute approximate surface area is 172 Å². The summed E-state index contributed by atoms with van der Waals surface area (Å²) in [5.74, 6) is 0. The van der Waals surface area contributed by atoms with E-state index in [1.165, 1.54) is 6.08 Å². The van der Waals surface area contributed by atoms with Crippen LogP contribution in [0.25, 0.3) is 0 Å². The smallest absolute Gasteiger partial charge is 0.187 e. The second kappa shape index (κ2) is 9.11. The Morgan fingerprint density at radius 1 is 1.17 bits per heavy atom. The van der Waals surface area contributed by atoms with Crippen molar-refractivity contribution in [2.45, 2.75) is 101 Å². The van der Waals surface area contributed by atoms with Gasteiger partial charge in [-0.2, -0.15) is 0 Å². The Morgan fingerprint density at radius 3 is 2.41 bits per heavy atom. The monoisotopic (exact) mass is 416 g/mol. The van der Waals surface area contributed by atoms with Crippen LogP contribution in [-0.2, 0) is 14.2 Å². The van der Waals surface area contributed by atoms with Gasteiger partial charge in [0, 0.05) is 0 Å². The van der Waals surface area contributed by atoms with Crippen molar-refractivity contribution in [3.8, 4) is 0 Å². The minimum Gasteiger partial charge on any atom is -0.394 e. The highest BCUT2D eigenvalue weighted by Crippen LogP contribution is 2.39. The predicted octanol–water partition coefficient (Wildman–Crippen LogP) is 0.402. The molecule has 0 amide bonds. The quantitative estimate of drug-likeness (QED) is 0.360. The van der Waals surface area contributed by atoms with E-state index in [1.54, 1.807) is 20.8 Å². The van der Waals surface area contributed by atoms with Crippen molar-refractivity contribution in [2.24, 2.45) is 0 Å². The molecule has 8 unspecified atom stereocenters. The van der Waals surface area contributed by atoms with Gasteiger partial charge in [-0.25, -0.2) is 0 Å². The minimum atomic E-state index is -1.49. The summed E-state index contributed by atoms with van der Waals surface area (Å²) in [6, 6.07) is 0. The lowest BCUT2D eigenvalue weighted by Crippen LogP contribution is -2.61. The average molecular weight is 417 g/mol. The predicted molar refractivity (Wildman–Crippen MR) is 106 cm³/mol. The summed E-state index contributed by atoms with van der Waals surface area (Å²) < 4.78 is 17.6. The summed E-state index contributed by atoms with van der Waals surface area (Å²) >= 11 is 0. The molecule has 2 fully saturated rings. The molecule has 2 rings (SSSR count). The van der Waals surface area contributed by atoms with Gasteiger partial charge in [0.1, 0.15) is 24.4 Å². The standard InChI is InChI=1S/C21H36O8/c1-6-20(4,26)9-7-10-21(5)11-8-14(28-21)19(2,3)29-18-17(25)16(24)15(23)13(12-22)27-18/h6-7,10,13-18,22-26H,1,8-9,11-12H2,2-5H3. The van der Waals surface area contributed by atoms with E-state index in [1.807, 2.05) is 19.1 Å². The highest BCUT2D eigenvalue weighted by molar-refractivity contribution is 5.08. The molecule has 0 aromatic heterocycles. The van der Waals surface area contributed by atoms with E-state index < -0.39 is 54.1 Å². The third kappa shape index (κ3) is 5.86. The zero-order valence-corrected chi connectivity index (χ0v) is 17.7.